The first-order valence-electron chi connectivity index (χ1n) is 9.39. The van der Waals surface area contributed by atoms with Crippen LogP contribution in [0.3, 0.4) is 0 Å². The van der Waals surface area contributed by atoms with Crippen LogP contribution >= 0.6 is 0 Å². The Balaban J connectivity index is 2.30. The zero-order valence-corrected chi connectivity index (χ0v) is 16.4. The van der Waals surface area contributed by atoms with Gasteiger partial charge in [-0.05, 0) is 49.9 Å². The summed E-state index contributed by atoms with van der Waals surface area (Å²) < 4.78 is 81.8. The summed E-state index contributed by atoms with van der Waals surface area (Å²) in [5.74, 6) is -2.37. The van der Waals surface area contributed by atoms with E-state index in [4.69, 9.17) is 0 Å². The van der Waals surface area contributed by atoms with Gasteiger partial charge in [0.1, 0.15) is 0 Å². The van der Waals surface area contributed by atoms with Crippen molar-refractivity contribution in [2.24, 2.45) is 5.92 Å². The maximum absolute atomic E-state index is 13.6. The van der Waals surface area contributed by atoms with Crippen LogP contribution in [0.1, 0.15) is 43.2 Å². The first kappa shape index (κ1) is 23.8. The lowest BCUT2D eigenvalue weighted by atomic mass is 9.88. The quantitative estimate of drug-likeness (QED) is 0.459. The van der Waals surface area contributed by atoms with Gasteiger partial charge < -0.3 is 10.6 Å². The van der Waals surface area contributed by atoms with Crippen LogP contribution < -0.4 is 16.0 Å². The molecule has 1 aliphatic carbocycles. The van der Waals surface area contributed by atoms with E-state index in [2.05, 4.69) is 0 Å². The van der Waals surface area contributed by atoms with Gasteiger partial charge in [0, 0.05) is 11.6 Å². The Labute approximate surface area is 169 Å². The number of aryl methyl sites for hydroxylation is 2. The highest BCUT2D eigenvalue weighted by molar-refractivity contribution is 5.90. The van der Waals surface area contributed by atoms with Crippen LogP contribution in [-0.4, -0.2) is 30.0 Å². The molecule has 11 heteroatoms. The third kappa shape index (κ3) is 5.17. The Bertz CT molecular complexity index is 771. The molecule has 0 bridgehead atoms. The molecule has 1 fully saturated rings. The van der Waals surface area contributed by atoms with Gasteiger partial charge in [0.2, 0.25) is 5.91 Å². The number of rotatable bonds is 4. The molecule has 1 saturated carbocycles. The molecule has 0 unspecified atom stereocenters. The molecular formula is C19H23F6N3O2. The summed E-state index contributed by atoms with van der Waals surface area (Å²) in [5, 5.41) is 3.95. The lowest BCUT2D eigenvalue weighted by Crippen LogP contribution is -2.77. The van der Waals surface area contributed by atoms with Gasteiger partial charge in [0.15, 0.2) is 0 Å². The van der Waals surface area contributed by atoms with Crippen molar-refractivity contribution in [3.8, 4) is 0 Å². The minimum atomic E-state index is -6.03. The second-order valence-corrected chi connectivity index (χ2v) is 7.45. The van der Waals surface area contributed by atoms with Crippen LogP contribution in [0.25, 0.3) is 0 Å². The van der Waals surface area contributed by atoms with Crippen LogP contribution in [0.5, 0.6) is 0 Å². The summed E-state index contributed by atoms with van der Waals surface area (Å²) >= 11 is 0. The number of benzene rings is 1. The number of hydrogen-bond donors (Lipinski definition) is 3. The average molecular weight is 439 g/mol. The number of nitrogens with one attached hydrogen (secondary N) is 3. The van der Waals surface area contributed by atoms with E-state index < -0.39 is 35.9 Å². The first-order valence-corrected chi connectivity index (χ1v) is 9.39. The van der Waals surface area contributed by atoms with Crippen molar-refractivity contribution in [1.29, 1.82) is 0 Å². The zero-order chi connectivity index (χ0) is 22.7. The second-order valence-electron chi connectivity index (χ2n) is 7.45. The standard InChI is InChI=1S/C19H23F6N3O2/c1-11-8-9-14(10-12(11)2)26-16(30)28-17(18(20,21)22,19(23,24)25)27-15(29)13-6-4-3-5-7-13/h8-10,13H,3-7H2,1-2H3,(H,27,29)(H2,26,28,30). The summed E-state index contributed by atoms with van der Waals surface area (Å²) in [6.07, 6.45) is -9.87. The molecule has 3 N–H and O–H groups in total. The number of carbonyl (C=O) groups is 2. The highest BCUT2D eigenvalue weighted by atomic mass is 19.4. The molecule has 0 aromatic heterocycles. The molecule has 0 saturated heterocycles. The third-order valence-electron chi connectivity index (χ3n) is 5.20. The van der Waals surface area contributed by atoms with E-state index >= 15 is 0 Å². The van der Waals surface area contributed by atoms with Crippen LogP contribution in [0.4, 0.5) is 36.8 Å². The van der Waals surface area contributed by atoms with Gasteiger partial charge in [-0.1, -0.05) is 25.3 Å². The molecular weight excluding hydrogens is 416 g/mol. The Morgan fingerprint density at radius 1 is 0.867 bits per heavy atom. The molecule has 0 radical (unpaired) electrons. The van der Waals surface area contributed by atoms with Crippen molar-refractivity contribution in [2.45, 2.75) is 64.0 Å². The molecule has 1 aromatic rings. The molecule has 168 valence electrons. The minimum Gasteiger partial charge on any atom is -0.318 e. The van der Waals surface area contributed by atoms with E-state index in [9.17, 15) is 35.9 Å². The lowest BCUT2D eigenvalue weighted by Gasteiger charge is -2.39. The molecule has 0 aliphatic heterocycles. The van der Waals surface area contributed by atoms with Crippen molar-refractivity contribution in [1.82, 2.24) is 10.6 Å². The number of alkyl halides is 6. The lowest BCUT2D eigenvalue weighted by molar-refractivity contribution is -0.312. The van der Waals surface area contributed by atoms with Crippen molar-refractivity contribution in [2.75, 3.05) is 5.32 Å². The molecule has 1 aliphatic rings. The molecule has 0 atom stereocenters. The normalized spacial score (nSPS) is 16.1. The molecule has 30 heavy (non-hydrogen) atoms. The van der Waals surface area contributed by atoms with Crippen LogP contribution in [-0.2, 0) is 4.79 Å². The van der Waals surface area contributed by atoms with E-state index in [1.165, 1.54) is 12.1 Å². The smallest absolute Gasteiger partial charge is 0.318 e. The van der Waals surface area contributed by atoms with Gasteiger partial charge in [0.25, 0.3) is 0 Å². The monoisotopic (exact) mass is 439 g/mol. The molecule has 1 aromatic carbocycles. The number of carbonyl (C=O) groups excluding carboxylic acids is 2. The van der Waals surface area contributed by atoms with Crippen LogP contribution in [0.2, 0.25) is 0 Å². The average Bonchev–Trinajstić information content (AvgIpc) is 2.63. The van der Waals surface area contributed by atoms with Crippen molar-refractivity contribution in [3.05, 3.63) is 29.3 Å². The highest BCUT2D eigenvalue weighted by Crippen LogP contribution is 2.42. The van der Waals surface area contributed by atoms with Crippen molar-refractivity contribution >= 4 is 17.6 Å². The summed E-state index contributed by atoms with van der Waals surface area (Å²) in [4.78, 5) is 24.3. The maximum Gasteiger partial charge on any atom is 0.439 e. The Morgan fingerprint density at radius 2 is 1.43 bits per heavy atom. The predicted octanol–water partition coefficient (Wildman–Crippen LogP) is 4.94. The number of halogens is 6. The highest BCUT2D eigenvalue weighted by Gasteiger charge is 2.73. The SMILES string of the molecule is Cc1ccc(NC(=O)NC(NC(=O)C2CCCCC2)(C(F)(F)F)C(F)(F)F)cc1C. The van der Waals surface area contributed by atoms with E-state index in [-0.39, 0.29) is 18.5 Å². The molecule has 0 spiro atoms. The van der Waals surface area contributed by atoms with Gasteiger partial charge >= 0.3 is 24.0 Å². The first-order chi connectivity index (χ1) is 13.8. The van der Waals surface area contributed by atoms with Gasteiger partial charge in [-0.2, -0.15) is 26.3 Å². The fourth-order valence-electron chi connectivity index (χ4n) is 3.28. The molecule has 3 amide bonds. The molecule has 5 nitrogen and oxygen atoms in total. The summed E-state index contributed by atoms with van der Waals surface area (Å²) in [6.45, 7) is 3.41. The Morgan fingerprint density at radius 3 is 1.93 bits per heavy atom. The van der Waals surface area contributed by atoms with Gasteiger partial charge in [0.05, 0.1) is 0 Å². The summed E-state index contributed by atoms with van der Waals surface area (Å²) in [7, 11) is 0. The van der Waals surface area contributed by atoms with Crippen LogP contribution in [0, 0.1) is 19.8 Å². The largest absolute Gasteiger partial charge is 0.439 e. The van der Waals surface area contributed by atoms with E-state index in [1.807, 2.05) is 5.32 Å². The number of amides is 3. The molecule has 0 heterocycles. The van der Waals surface area contributed by atoms with Crippen molar-refractivity contribution in [3.63, 3.8) is 0 Å². The van der Waals surface area contributed by atoms with Crippen molar-refractivity contribution < 1.29 is 35.9 Å². The number of hydrogen-bond acceptors (Lipinski definition) is 2. The van der Waals surface area contributed by atoms with Crippen LogP contribution in [0.15, 0.2) is 18.2 Å². The predicted molar refractivity (Wildman–Crippen MR) is 97.6 cm³/mol. The fraction of sp³-hybridized carbons (Fsp3) is 0.579. The van der Waals surface area contributed by atoms with Gasteiger partial charge in [-0.25, -0.2) is 4.79 Å². The Kier molecular flexibility index (Phi) is 6.93. The Hall–Kier alpha value is -2.46. The summed E-state index contributed by atoms with van der Waals surface area (Å²) in [5.41, 5.74) is -3.41. The van der Waals surface area contributed by atoms with E-state index in [0.717, 1.165) is 22.6 Å². The third-order valence-corrected chi connectivity index (χ3v) is 5.20. The number of urea groups is 1. The number of anilines is 1. The fourth-order valence-corrected chi connectivity index (χ4v) is 3.28. The molecule has 2 rings (SSSR count). The second kappa shape index (κ2) is 8.73. The maximum atomic E-state index is 13.6. The van der Waals surface area contributed by atoms with Gasteiger partial charge in [-0.3, -0.25) is 10.1 Å². The minimum absolute atomic E-state index is 0.00690. The van der Waals surface area contributed by atoms with E-state index in [0.29, 0.717) is 18.4 Å². The van der Waals surface area contributed by atoms with Gasteiger partial charge in [-0.15, -0.1) is 0 Å². The summed E-state index contributed by atoms with van der Waals surface area (Å²) in [6, 6.07) is 2.54. The zero-order valence-electron chi connectivity index (χ0n) is 16.4. The topological polar surface area (TPSA) is 70.2 Å². The van der Waals surface area contributed by atoms with E-state index in [1.54, 1.807) is 19.9 Å².